The standard InChI is InChI=1S/C37H24S2/c1-3-12-25(13-4-1)27-22-23-35-32(24-27)37(29-17-7-9-20-33(29)38-35)30-18-8-10-21-34(30)39-36-28(16-11-19-31(36)37)26-14-5-2-6-15-26/h1-24H. The molecule has 39 heavy (non-hydrogen) atoms. The maximum atomic E-state index is 2.46. The molecule has 0 saturated carbocycles. The quantitative estimate of drug-likeness (QED) is 0.217. The second-order valence-electron chi connectivity index (χ2n) is 10.1. The fourth-order valence-electron chi connectivity index (χ4n) is 6.34. The molecule has 6 aromatic carbocycles. The summed E-state index contributed by atoms with van der Waals surface area (Å²) in [4.78, 5) is 5.33. The third-order valence-electron chi connectivity index (χ3n) is 8.01. The van der Waals surface area contributed by atoms with Crippen molar-refractivity contribution in [3.8, 4) is 22.3 Å². The Kier molecular flexibility index (Phi) is 5.33. The molecule has 1 spiro atoms. The maximum absolute atomic E-state index is 2.46. The maximum Gasteiger partial charge on any atom is 0.0745 e. The van der Waals surface area contributed by atoms with E-state index in [1.807, 2.05) is 23.5 Å². The van der Waals surface area contributed by atoms with Crippen LogP contribution in [-0.4, -0.2) is 0 Å². The smallest absolute Gasteiger partial charge is 0.0745 e. The summed E-state index contributed by atoms with van der Waals surface area (Å²) >= 11 is 3.81. The Morgan fingerprint density at radius 3 is 1.64 bits per heavy atom. The highest BCUT2D eigenvalue weighted by atomic mass is 32.2. The van der Waals surface area contributed by atoms with Gasteiger partial charge in [-0.25, -0.2) is 0 Å². The van der Waals surface area contributed by atoms with Gasteiger partial charge in [-0.1, -0.05) is 145 Å². The third-order valence-corrected chi connectivity index (χ3v) is 10.4. The van der Waals surface area contributed by atoms with Crippen molar-refractivity contribution in [2.45, 2.75) is 25.0 Å². The molecule has 0 aromatic heterocycles. The summed E-state index contributed by atoms with van der Waals surface area (Å²) in [7, 11) is 0. The second kappa shape index (κ2) is 9.05. The topological polar surface area (TPSA) is 0 Å². The predicted molar refractivity (Wildman–Crippen MR) is 164 cm³/mol. The Balaban J connectivity index is 1.52. The summed E-state index contributed by atoms with van der Waals surface area (Å²) in [6.07, 6.45) is 0. The number of fused-ring (bicyclic) bond motifs is 8. The first kappa shape index (κ1) is 23.0. The molecule has 1 atom stereocenters. The van der Waals surface area contributed by atoms with E-state index in [1.54, 1.807) is 0 Å². The van der Waals surface area contributed by atoms with Gasteiger partial charge in [-0.3, -0.25) is 0 Å². The highest BCUT2D eigenvalue weighted by Gasteiger charge is 2.49. The molecule has 0 nitrogen and oxygen atoms in total. The van der Waals surface area contributed by atoms with Crippen molar-refractivity contribution >= 4 is 23.5 Å². The number of rotatable bonds is 2. The first-order chi connectivity index (χ1) is 19.3. The monoisotopic (exact) mass is 532 g/mol. The molecule has 1 unspecified atom stereocenters. The van der Waals surface area contributed by atoms with E-state index < -0.39 is 5.41 Å². The van der Waals surface area contributed by atoms with Crippen LogP contribution in [0.5, 0.6) is 0 Å². The van der Waals surface area contributed by atoms with Crippen LogP contribution in [0.15, 0.2) is 165 Å². The van der Waals surface area contributed by atoms with E-state index in [4.69, 9.17) is 0 Å². The van der Waals surface area contributed by atoms with Gasteiger partial charge in [0.15, 0.2) is 0 Å². The van der Waals surface area contributed by atoms with E-state index in [-0.39, 0.29) is 0 Å². The van der Waals surface area contributed by atoms with Gasteiger partial charge in [0.25, 0.3) is 0 Å². The van der Waals surface area contributed by atoms with E-state index in [0.717, 1.165) is 0 Å². The highest BCUT2D eigenvalue weighted by molar-refractivity contribution is 8.00. The summed E-state index contributed by atoms with van der Waals surface area (Å²) in [6, 6.07) is 53.7. The fourth-order valence-corrected chi connectivity index (χ4v) is 8.84. The van der Waals surface area contributed by atoms with Gasteiger partial charge in [0, 0.05) is 19.6 Å². The normalized spacial score (nSPS) is 16.6. The molecule has 0 fully saturated rings. The third kappa shape index (κ3) is 3.42. The molecule has 2 heteroatoms. The van der Waals surface area contributed by atoms with Crippen LogP contribution in [0.25, 0.3) is 22.3 Å². The van der Waals surface area contributed by atoms with Crippen LogP contribution in [0.3, 0.4) is 0 Å². The lowest BCUT2D eigenvalue weighted by Crippen LogP contribution is -2.36. The molecule has 6 aromatic rings. The largest absolute Gasteiger partial charge is 0.0894 e. The molecule has 0 N–H and O–H groups in total. The van der Waals surface area contributed by atoms with Crippen LogP contribution in [0.1, 0.15) is 22.3 Å². The lowest BCUT2D eigenvalue weighted by atomic mass is 9.64. The molecule has 2 aliphatic heterocycles. The predicted octanol–water partition coefficient (Wildman–Crippen LogP) is 10.3. The van der Waals surface area contributed by atoms with Gasteiger partial charge in [-0.05, 0) is 68.8 Å². The van der Waals surface area contributed by atoms with E-state index >= 15 is 0 Å². The van der Waals surface area contributed by atoms with Gasteiger partial charge in [-0.15, -0.1) is 0 Å². The van der Waals surface area contributed by atoms with E-state index in [2.05, 4.69) is 146 Å². The van der Waals surface area contributed by atoms with Crippen molar-refractivity contribution in [2.24, 2.45) is 0 Å². The van der Waals surface area contributed by atoms with Crippen molar-refractivity contribution in [3.05, 3.63) is 168 Å². The van der Waals surface area contributed by atoms with Gasteiger partial charge in [-0.2, -0.15) is 0 Å². The molecule has 2 heterocycles. The summed E-state index contributed by atoms with van der Waals surface area (Å²) in [6.45, 7) is 0. The minimum absolute atomic E-state index is 0.413. The van der Waals surface area contributed by atoms with Crippen LogP contribution >= 0.6 is 23.5 Å². The van der Waals surface area contributed by atoms with Crippen molar-refractivity contribution in [1.82, 2.24) is 0 Å². The Hall–Kier alpha value is -3.98. The molecular formula is C37H24S2. The Morgan fingerprint density at radius 2 is 0.923 bits per heavy atom. The summed E-state index contributed by atoms with van der Waals surface area (Å²) in [5.74, 6) is 0. The zero-order valence-corrected chi connectivity index (χ0v) is 22.8. The average Bonchev–Trinajstić information content (AvgIpc) is 3.01. The van der Waals surface area contributed by atoms with Gasteiger partial charge in [0.2, 0.25) is 0 Å². The summed E-state index contributed by atoms with van der Waals surface area (Å²) in [5, 5.41) is 0. The Labute approximate surface area is 237 Å². The highest BCUT2D eigenvalue weighted by Crippen LogP contribution is 2.62. The Morgan fingerprint density at radius 1 is 0.359 bits per heavy atom. The molecule has 0 amide bonds. The minimum atomic E-state index is -0.413. The minimum Gasteiger partial charge on any atom is -0.0894 e. The number of benzene rings is 6. The van der Waals surface area contributed by atoms with E-state index in [1.165, 1.54) is 64.1 Å². The van der Waals surface area contributed by atoms with Crippen molar-refractivity contribution < 1.29 is 0 Å². The van der Waals surface area contributed by atoms with Gasteiger partial charge in [0.1, 0.15) is 0 Å². The van der Waals surface area contributed by atoms with E-state index in [9.17, 15) is 0 Å². The van der Waals surface area contributed by atoms with Crippen LogP contribution in [0.4, 0.5) is 0 Å². The molecule has 0 radical (unpaired) electrons. The zero-order valence-electron chi connectivity index (χ0n) is 21.2. The van der Waals surface area contributed by atoms with Gasteiger partial charge >= 0.3 is 0 Å². The van der Waals surface area contributed by atoms with E-state index in [0.29, 0.717) is 0 Å². The first-order valence-electron chi connectivity index (χ1n) is 13.3. The van der Waals surface area contributed by atoms with Crippen molar-refractivity contribution in [3.63, 3.8) is 0 Å². The van der Waals surface area contributed by atoms with Crippen LogP contribution < -0.4 is 0 Å². The lowest BCUT2D eigenvalue weighted by Gasteiger charge is -2.46. The Bertz CT molecular complexity index is 1840. The van der Waals surface area contributed by atoms with Crippen LogP contribution in [0, 0.1) is 0 Å². The second-order valence-corrected chi connectivity index (χ2v) is 12.2. The number of hydrogen-bond acceptors (Lipinski definition) is 2. The zero-order chi connectivity index (χ0) is 25.8. The molecular weight excluding hydrogens is 509 g/mol. The van der Waals surface area contributed by atoms with Crippen molar-refractivity contribution in [1.29, 1.82) is 0 Å². The summed E-state index contributed by atoms with van der Waals surface area (Å²) < 4.78 is 0. The number of hydrogen-bond donors (Lipinski definition) is 0. The van der Waals surface area contributed by atoms with Crippen LogP contribution in [0.2, 0.25) is 0 Å². The molecule has 2 aliphatic rings. The molecule has 0 aliphatic carbocycles. The van der Waals surface area contributed by atoms with Crippen LogP contribution in [-0.2, 0) is 5.41 Å². The molecule has 8 rings (SSSR count). The average molecular weight is 533 g/mol. The summed E-state index contributed by atoms with van der Waals surface area (Å²) in [5.41, 5.74) is 10.1. The first-order valence-corrected chi connectivity index (χ1v) is 14.9. The van der Waals surface area contributed by atoms with Gasteiger partial charge in [0.05, 0.1) is 5.41 Å². The molecule has 0 saturated heterocycles. The molecule has 0 bridgehead atoms. The van der Waals surface area contributed by atoms with Crippen molar-refractivity contribution in [2.75, 3.05) is 0 Å². The van der Waals surface area contributed by atoms with Gasteiger partial charge < -0.3 is 0 Å². The molecule has 184 valence electrons. The lowest BCUT2D eigenvalue weighted by molar-refractivity contribution is 0.668. The SMILES string of the molecule is c1ccc(-c2ccc3c(c2)C2(c4ccccc4S3)c3ccccc3Sc3c(-c4ccccc4)cccc32)cc1. The fraction of sp³-hybridized carbons (Fsp3) is 0.0270.